The molecular weight excluding hydrogens is 412 g/mol. The third kappa shape index (κ3) is 3.75. The van der Waals surface area contributed by atoms with Gasteiger partial charge in [0.05, 0.1) is 11.8 Å². The fourth-order valence-corrected chi connectivity index (χ4v) is 2.30. The number of nitrogens with zero attached hydrogens (tertiary/aromatic N) is 1. The van der Waals surface area contributed by atoms with Gasteiger partial charge in [0.15, 0.2) is 0 Å². The summed E-state index contributed by atoms with van der Waals surface area (Å²) in [7, 11) is 0. The maximum atomic E-state index is 12.0. The third-order valence-corrected chi connectivity index (χ3v) is 4.66. The van der Waals surface area contributed by atoms with E-state index in [2.05, 4.69) is 48.3 Å². The quantitative estimate of drug-likeness (QED) is 0.451. The molecule has 0 unspecified atom stereocenters. The molecular formula is C16H10Br2N2O2. The first-order valence-corrected chi connectivity index (χ1v) is 7.68. The number of aromatic hydroxyl groups is 1. The maximum absolute atomic E-state index is 12.0. The molecule has 0 spiro atoms. The molecule has 2 N–H and O–H groups in total. The van der Waals surface area contributed by atoms with Gasteiger partial charge in [-0.3, -0.25) is 4.79 Å². The number of phenols is 1. The minimum absolute atomic E-state index is 0.000153. The van der Waals surface area contributed by atoms with E-state index >= 15 is 0 Å². The number of nitrogens with one attached hydrogen (secondary N) is 1. The van der Waals surface area contributed by atoms with Gasteiger partial charge in [0.1, 0.15) is 5.75 Å². The number of phenolic OH excluding ortho intramolecular Hbond substituents is 1. The van der Waals surface area contributed by atoms with Gasteiger partial charge in [-0.2, -0.15) is 5.10 Å². The lowest BCUT2D eigenvalue weighted by Gasteiger charge is -2.03. The van der Waals surface area contributed by atoms with E-state index in [1.807, 2.05) is 0 Å². The highest BCUT2D eigenvalue weighted by molar-refractivity contribution is 9.13. The number of halogens is 2. The highest BCUT2D eigenvalue weighted by Gasteiger charge is 2.07. The summed E-state index contributed by atoms with van der Waals surface area (Å²) in [5.74, 6) is 2.07. The molecule has 2 rings (SSSR count). The molecule has 0 aromatic heterocycles. The van der Waals surface area contributed by atoms with Crippen molar-refractivity contribution >= 4 is 44.0 Å². The first kappa shape index (κ1) is 16.3. The number of hydrazone groups is 1. The van der Waals surface area contributed by atoms with E-state index in [0.29, 0.717) is 16.7 Å². The number of amides is 1. The molecule has 0 atom stereocenters. The summed E-state index contributed by atoms with van der Waals surface area (Å²) in [6.45, 7) is 0. The molecule has 4 nitrogen and oxygen atoms in total. The van der Waals surface area contributed by atoms with Crippen molar-refractivity contribution in [1.82, 2.24) is 5.43 Å². The highest BCUT2D eigenvalue weighted by Crippen LogP contribution is 2.23. The topological polar surface area (TPSA) is 61.7 Å². The van der Waals surface area contributed by atoms with Crippen LogP contribution in [-0.4, -0.2) is 17.2 Å². The number of carbonyl (C=O) groups is 1. The molecule has 0 aliphatic rings. The number of terminal acetylenes is 1. The standard InChI is InChI=1S/C16H10Br2N2O2/c1-2-10-4-3-5-15(21)12(10)9-19-20-16(22)11-6-7-13(17)14(18)8-11/h1,3-9,21H,(H,20,22). The molecule has 0 bridgehead atoms. The molecule has 0 aliphatic carbocycles. The molecule has 0 fully saturated rings. The SMILES string of the molecule is C#Cc1cccc(O)c1C=NNC(=O)c1ccc(Br)c(Br)c1. The molecule has 22 heavy (non-hydrogen) atoms. The summed E-state index contributed by atoms with van der Waals surface area (Å²) in [6.07, 6.45) is 6.67. The van der Waals surface area contributed by atoms with Crippen molar-refractivity contribution in [3.63, 3.8) is 0 Å². The lowest BCUT2D eigenvalue weighted by Crippen LogP contribution is -2.17. The maximum Gasteiger partial charge on any atom is 0.271 e. The van der Waals surface area contributed by atoms with Gasteiger partial charge in [0, 0.05) is 20.1 Å². The zero-order valence-corrected chi connectivity index (χ0v) is 14.3. The van der Waals surface area contributed by atoms with Crippen molar-refractivity contribution in [2.45, 2.75) is 0 Å². The van der Waals surface area contributed by atoms with Gasteiger partial charge in [-0.15, -0.1) is 6.42 Å². The fraction of sp³-hybridized carbons (Fsp3) is 0. The molecule has 1 amide bonds. The number of hydrogen-bond acceptors (Lipinski definition) is 3. The van der Waals surface area contributed by atoms with E-state index in [0.717, 1.165) is 8.95 Å². The monoisotopic (exact) mass is 420 g/mol. The van der Waals surface area contributed by atoms with E-state index < -0.39 is 0 Å². The number of carbonyl (C=O) groups excluding carboxylic acids is 1. The zero-order chi connectivity index (χ0) is 16.1. The smallest absolute Gasteiger partial charge is 0.271 e. The van der Waals surface area contributed by atoms with Crippen molar-refractivity contribution in [3.8, 4) is 18.1 Å². The van der Waals surface area contributed by atoms with Crippen LogP contribution in [0, 0.1) is 12.3 Å². The van der Waals surface area contributed by atoms with Crippen molar-refractivity contribution in [3.05, 3.63) is 62.0 Å². The Morgan fingerprint density at radius 3 is 2.73 bits per heavy atom. The summed E-state index contributed by atoms with van der Waals surface area (Å²) in [4.78, 5) is 12.0. The largest absolute Gasteiger partial charge is 0.507 e. The summed E-state index contributed by atoms with van der Waals surface area (Å²) < 4.78 is 1.61. The second-order valence-corrected chi connectivity index (χ2v) is 5.92. The van der Waals surface area contributed by atoms with Crippen molar-refractivity contribution < 1.29 is 9.90 Å². The number of benzene rings is 2. The van der Waals surface area contributed by atoms with Crippen LogP contribution in [-0.2, 0) is 0 Å². The number of rotatable bonds is 3. The van der Waals surface area contributed by atoms with Crippen LogP contribution in [0.1, 0.15) is 21.5 Å². The van der Waals surface area contributed by atoms with Gasteiger partial charge in [0.25, 0.3) is 5.91 Å². The molecule has 110 valence electrons. The Morgan fingerprint density at radius 1 is 1.27 bits per heavy atom. The normalized spacial score (nSPS) is 10.4. The van der Waals surface area contributed by atoms with E-state index in [4.69, 9.17) is 6.42 Å². The molecule has 2 aromatic rings. The minimum atomic E-state index is -0.373. The molecule has 0 aliphatic heterocycles. The second-order valence-electron chi connectivity index (χ2n) is 4.21. The summed E-state index contributed by atoms with van der Waals surface area (Å²) in [5.41, 5.74) is 3.70. The van der Waals surface area contributed by atoms with Gasteiger partial charge in [-0.05, 0) is 62.2 Å². The van der Waals surface area contributed by atoms with Crippen molar-refractivity contribution in [1.29, 1.82) is 0 Å². The predicted octanol–water partition coefficient (Wildman–Crippen LogP) is 3.66. The average molecular weight is 422 g/mol. The number of hydrogen-bond donors (Lipinski definition) is 2. The van der Waals surface area contributed by atoms with Crippen molar-refractivity contribution in [2.24, 2.45) is 5.10 Å². The van der Waals surface area contributed by atoms with Gasteiger partial charge >= 0.3 is 0 Å². The summed E-state index contributed by atoms with van der Waals surface area (Å²) in [6, 6.07) is 9.89. The Hall–Kier alpha value is -2.10. The van der Waals surface area contributed by atoms with Crippen LogP contribution < -0.4 is 5.43 Å². The van der Waals surface area contributed by atoms with Gasteiger partial charge < -0.3 is 5.11 Å². The molecule has 0 radical (unpaired) electrons. The summed E-state index contributed by atoms with van der Waals surface area (Å²) >= 11 is 6.66. The second kappa shape index (κ2) is 7.25. The fourth-order valence-electron chi connectivity index (χ4n) is 1.67. The van der Waals surface area contributed by atoms with E-state index in [1.165, 1.54) is 12.3 Å². The van der Waals surface area contributed by atoms with Crippen LogP contribution in [0.3, 0.4) is 0 Å². The van der Waals surface area contributed by atoms with Crippen LogP contribution in [0.5, 0.6) is 5.75 Å². The Balaban J connectivity index is 2.14. The highest BCUT2D eigenvalue weighted by atomic mass is 79.9. The van der Waals surface area contributed by atoms with Crippen LogP contribution in [0.2, 0.25) is 0 Å². The molecule has 0 saturated heterocycles. The Labute approximate surface area is 144 Å². The minimum Gasteiger partial charge on any atom is -0.507 e. The average Bonchev–Trinajstić information content (AvgIpc) is 2.51. The Bertz CT molecular complexity index is 795. The molecule has 0 saturated carbocycles. The van der Waals surface area contributed by atoms with Gasteiger partial charge in [-0.25, -0.2) is 5.43 Å². The first-order chi connectivity index (χ1) is 10.5. The zero-order valence-electron chi connectivity index (χ0n) is 11.2. The Morgan fingerprint density at radius 2 is 2.05 bits per heavy atom. The predicted molar refractivity (Wildman–Crippen MR) is 92.9 cm³/mol. The van der Waals surface area contributed by atoms with Crippen LogP contribution in [0.25, 0.3) is 0 Å². The summed E-state index contributed by atoms with van der Waals surface area (Å²) in [5, 5.41) is 13.6. The van der Waals surface area contributed by atoms with Crippen LogP contribution >= 0.6 is 31.9 Å². The Kier molecular flexibility index (Phi) is 5.36. The lowest BCUT2D eigenvalue weighted by atomic mass is 10.1. The van der Waals surface area contributed by atoms with Gasteiger partial charge in [0.2, 0.25) is 0 Å². The van der Waals surface area contributed by atoms with Crippen molar-refractivity contribution in [2.75, 3.05) is 0 Å². The molecule has 0 heterocycles. The lowest BCUT2D eigenvalue weighted by molar-refractivity contribution is 0.0955. The van der Waals surface area contributed by atoms with Crippen LogP contribution in [0.4, 0.5) is 0 Å². The van der Waals surface area contributed by atoms with Crippen LogP contribution in [0.15, 0.2) is 50.4 Å². The molecule has 2 aromatic carbocycles. The first-order valence-electron chi connectivity index (χ1n) is 6.10. The van der Waals surface area contributed by atoms with E-state index in [-0.39, 0.29) is 11.7 Å². The van der Waals surface area contributed by atoms with Gasteiger partial charge in [-0.1, -0.05) is 12.0 Å². The third-order valence-electron chi connectivity index (χ3n) is 2.78. The van der Waals surface area contributed by atoms with E-state index in [9.17, 15) is 9.90 Å². The van der Waals surface area contributed by atoms with E-state index in [1.54, 1.807) is 30.3 Å². The molecule has 6 heteroatoms.